The molecule has 0 unspecified atom stereocenters. The molecule has 0 radical (unpaired) electrons. The average Bonchev–Trinajstić information content (AvgIpc) is 3.13. The maximum absolute atomic E-state index is 12.7. The molecule has 3 aromatic rings. The van der Waals surface area contributed by atoms with Crippen LogP contribution in [0.5, 0.6) is 11.5 Å². The van der Waals surface area contributed by atoms with Crippen molar-refractivity contribution in [2.75, 3.05) is 6.79 Å². The Hall–Kier alpha value is -3.26. The van der Waals surface area contributed by atoms with Crippen molar-refractivity contribution < 1.29 is 9.47 Å². The van der Waals surface area contributed by atoms with Crippen molar-refractivity contribution in [3.05, 3.63) is 80.5 Å². The summed E-state index contributed by atoms with van der Waals surface area (Å²) in [6.07, 6.45) is 1.94. The third-order valence-electron chi connectivity index (χ3n) is 3.85. The Morgan fingerprint density at radius 1 is 1.19 bits per heavy atom. The average molecular weight is 366 g/mol. The number of H-pyrrole nitrogens is 1. The van der Waals surface area contributed by atoms with Gasteiger partial charge in [-0.3, -0.25) is 9.89 Å². The molecule has 0 amide bonds. The first kappa shape index (κ1) is 16.2. The normalized spacial score (nSPS) is 12.6. The number of nitrogens with one attached hydrogen (secondary N) is 1. The molecule has 0 saturated carbocycles. The van der Waals surface area contributed by atoms with Gasteiger partial charge in [-0.1, -0.05) is 30.3 Å². The monoisotopic (exact) mass is 366 g/mol. The third kappa shape index (κ3) is 3.27. The molecule has 0 aliphatic carbocycles. The molecule has 8 heteroatoms. The number of aromatic amines is 1. The van der Waals surface area contributed by atoms with Crippen molar-refractivity contribution in [3.63, 3.8) is 0 Å². The van der Waals surface area contributed by atoms with E-state index >= 15 is 0 Å². The molecule has 1 aliphatic heterocycles. The highest BCUT2D eigenvalue weighted by Gasteiger charge is 2.13. The molecular formula is C18H14N4O3S. The van der Waals surface area contributed by atoms with Gasteiger partial charge in [0.25, 0.3) is 5.56 Å². The van der Waals surface area contributed by atoms with Crippen LogP contribution in [0.4, 0.5) is 0 Å². The zero-order valence-corrected chi connectivity index (χ0v) is 14.4. The van der Waals surface area contributed by atoms with E-state index in [0.29, 0.717) is 23.6 Å². The molecule has 4 rings (SSSR count). The minimum atomic E-state index is -0.352. The Labute approximate surface area is 153 Å². The quantitative estimate of drug-likeness (QED) is 0.567. The Morgan fingerprint density at radius 3 is 2.85 bits per heavy atom. The summed E-state index contributed by atoms with van der Waals surface area (Å²) in [5.74, 6) is 1.33. The van der Waals surface area contributed by atoms with Crippen LogP contribution in [0.1, 0.15) is 16.8 Å². The van der Waals surface area contributed by atoms with Gasteiger partial charge in [0.2, 0.25) is 11.6 Å². The van der Waals surface area contributed by atoms with E-state index in [1.54, 1.807) is 18.3 Å². The lowest BCUT2D eigenvalue weighted by molar-refractivity contribution is 0.174. The van der Waals surface area contributed by atoms with Gasteiger partial charge in [0.05, 0.1) is 6.21 Å². The van der Waals surface area contributed by atoms with Gasteiger partial charge < -0.3 is 9.47 Å². The van der Waals surface area contributed by atoms with Crippen molar-refractivity contribution in [1.29, 1.82) is 0 Å². The molecule has 2 aromatic carbocycles. The fourth-order valence-electron chi connectivity index (χ4n) is 2.55. The summed E-state index contributed by atoms with van der Waals surface area (Å²) in [6.45, 7) is 0.202. The molecular weight excluding hydrogens is 352 g/mol. The lowest BCUT2D eigenvalue weighted by Crippen LogP contribution is -2.25. The fraction of sp³-hybridized carbons (Fsp3) is 0.111. The number of ether oxygens (including phenoxy) is 2. The van der Waals surface area contributed by atoms with Crippen LogP contribution in [0.25, 0.3) is 0 Å². The second-order valence-corrected chi connectivity index (χ2v) is 6.00. The maximum atomic E-state index is 12.7. The number of fused-ring (bicyclic) bond motifs is 1. The van der Waals surface area contributed by atoms with Gasteiger partial charge in [0.15, 0.2) is 11.5 Å². The molecule has 0 atom stereocenters. The highest BCUT2D eigenvalue weighted by molar-refractivity contribution is 7.71. The molecule has 0 bridgehead atoms. The second-order valence-electron chi connectivity index (χ2n) is 5.61. The number of hydrogen-bond donors (Lipinski definition) is 1. The van der Waals surface area contributed by atoms with Crippen LogP contribution < -0.4 is 15.0 Å². The van der Waals surface area contributed by atoms with Gasteiger partial charge in [-0.05, 0) is 41.5 Å². The Bertz CT molecular complexity index is 1090. The zero-order chi connectivity index (χ0) is 17.9. The van der Waals surface area contributed by atoms with Crippen molar-refractivity contribution in [2.45, 2.75) is 6.42 Å². The Morgan fingerprint density at radius 2 is 2.00 bits per heavy atom. The van der Waals surface area contributed by atoms with Crippen molar-refractivity contribution in [2.24, 2.45) is 5.10 Å². The highest BCUT2D eigenvalue weighted by atomic mass is 32.1. The topological polar surface area (TPSA) is 81.5 Å². The second kappa shape index (κ2) is 6.93. The SMILES string of the molecule is O=c1c(Cc2ccccc2)n[nH]c(=S)n1/N=C/c1ccc2c(c1)OCO2. The van der Waals surface area contributed by atoms with Gasteiger partial charge >= 0.3 is 0 Å². The molecule has 0 saturated heterocycles. The van der Waals surface area contributed by atoms with E-state index < -0.39 is 0 Å². The van der Waals surface area contributed by atoms with Crippen LogP contribution in [0, 0.1) is 4.77 Å². The molecule has 0 fully saturated rings. The molecule has 2 heterocycles. The number of hydrogen-bond acceptors (Lipinski definition) is 6. The molecule has 7 nitrogen and oxygen atoms in total. The van der Waals surface area contributed by atoms with Gasteiger partial charge in [-0.25, -0.2) is 0 Å². The smallest absolute Gasteiger partial charge is 0.297 e. The Kier molecular flexibility index (Phi) is 4.32. The fourth-order valence-corrected chi connectivity index (χ4v) is 2.73. The van der Waals surface area contributed by atoms with E-state index in [2.05, 4.69) is 15.3 Å². The number of aromatic nitrogens is 3. The Balaban J connectivity index is 1.65. The predicted octanol–water partition coefficient (Wildman–Crippen LogP) is 2.50. The highest BCUT2D eigenvalue weighted by Crippen LogP contribution is 2.31. The van der Waals surface area contributed by atoms with Crippen LogP contribution in [-0.2, 0) is 6.42 Å². The van der Waals surface area contributed by atoms with E-state index in [0.717, 1.165) is 15.8 Å². The first-order chi connectivity index (χ1) is 12.7. The zero-order valence-electron chi connectivity index (χ0n) is 13.6. The summed E-state index contributed by atoms with van der Waals surface area (Å²) >= 11 is 5.15. The van der Waals surface area contributed by atoms with E-state index in [9.17, 15) is 4.79 Å². The van der Waals surface area contributed by atoms with Crippen LogP contribution in [0.2, 0.25) is 0 Å². The van der Waals surface area contributed by atoms with Crippen molar-refractivity contribution in [1.82, 2.24) is 14.9 Å². The first-order valence-electron chi connectivity index (χ1n) is 7.89. The van der Waals surface area contributed by atoms with Gasteiger partial charge in [-0.15, -0.1) is 0 Å². The van der Waals surface area contributed by atoms with Gasteiger partial charge in [0, 0.05) is 6.42 Å². The molecule has 1 aliphatic rings. The molecule has 26 heavy (non-hydrogen) atoms. The van der Waals surface area contributed by atoms with E-state index in [4.69, 9.17) is 21.7 Å². The largest absolute Gasteiger partial charge is 0.454 e. The van der Waals surface area contributed by atoms with E-state index in [-0.39, 0.29) is 17.1 Å². The summed E-state index contributed by atoms with van der Waals surface area (Å²) in [4.78, 5) is 12.7. The minimum absolute atomic E-state index is 0.129. The van der Waals surface area contributed by atoms with Gasteiger partial charge in [0.1, 0.15) is 5.69 Å². The number of rotatable bonds is 4. The van der Waals surface area contributed by atoms with Crippen molar-refractivity contribution >= 4 is 18.4 Å². The van der Waals surface area contributed by atoms with Gasteiger partial charge in [-0.2, -0.15) is 14.9 Å². The maximum Gasteiger partial charge on any atom is 0.297 e. The van der Waals surface area contributed by atoms with E-state index in [1.165, 1.54) is 0 Å². The summed E-state index contributed by atoms with van der Waals surface area (Å²) < 4.78 is 11.9. The van der Waals surface area contributed by atoms with Crippen LogP contribution in [0.3, 0.4) is 0 Å². The molecule has 130 valence electrons. The summed E-state index contributed by atoms with van der Waals surface area (Å²) in [5, 5.41) is 11.0. The van der Waals surface area contributed by atoms with E-state index in [1.807, 2.05) is 36.4 Å². The third-order valence-corrected chi connectivity index (χ3v) is 4.12. The first-order valence-corrected chi connectivity index (χ1v) is 8.30. The number of benzene rings is 2. The van der Waals surface area contributed by atoms with Crippen LogP contribution >= 0.6 is 12.2 Å². The molecule has 0 spiro atoms. The summed E-state index contributed by atoms with van der Waals surface area (Å²) in [6, 6.07) is 15.0. The standard InChI is InChI=1S/C18H14N4O3S/c23-17-14(8-12-4-2-1-3-5-12)20-21-18(26)22(17)19-10-13-6-7-15-16(9-13)25-11-24-15/h1-7,9-10H,8,11H2,(H,21,26)/b19-10+. The minimum Gasteiger partial charge on any atom is -0.454 e. The molecule has 1 aromatic heterocycles. The lowest BCUT2D eigenvalue weighted by Gasteiger charge is -2.03. The van der Waals surface area contributed by atoms with Crippen molar-refractivity contribution in [3.8, 4) is 11.5 Å². The van der Waals surface area contributed by atoms with Crippen LogP contribution in [0.15, 0.2) is 58.4 Å². The lowest BCUT2D eigenvalue weighted by atomic mass is 10.1. The number of nitrogens with zero attached hydrogens (tertiary/aromatic N) is 3. The molecule has 1 N–H and O–H groups in total. The van der Waals surface area contributed by atoms with Crippen LogP contribution in [-0.4, -0.2) is 27.9 Å². The summed E-state index contributed by atoms with van der Waals surface area (Å²) in [7, 11) is 0. The predicted molar refractivity (Wildman–Crippen MR) is 98.5 cm³/mol. The summed E-state index contributed by atoms with van der Waals surface area (Å²) in [5.41, 5.74) is 1.73.